The smallest absolute Gasteiger partial charge is 0.134 e. The van der Waals surface area contributed by atoms with Gasteiger partial charge in [-0.15, -0.1) is 0 Å². The molecule has 0 unspecified atom stereocenters. The quantitative estimate of drug-likeness (QED) is 0.624. The number of phenolic OH excluding ortho intramolecular Hbond substituents is 2. The molecule has 1 heterocycles. The van der Waals surface area contributed by atoms with Gasteiger partial charge in [-0.1, -0.05) is 19.8 Å². The van der Waals surface area contributed by atoms with Gasteiger partial charge in [0.05, 0.1) is 18.1 Å². The summed E-state index contributed by atoms with van der Waals surface area (Å²) in [6.07, 6.45) is 4.30. The van der Waals surface area contributed by atoms with Crippen LogP contribution in [0.2, 0.25) is 0 Å². The van der Waals surface area contributed by atoms with Gasteiger partial charge in [0.2, 0.25) is 0 Å². The van der Waals surface area contributed by atoms with Gasteiger partial charge in [-0.3, -0.25) is 0 Å². The van der Waals surface area contributed by atoms with E-state index in [0.29, 0.717) is 0 Å². The van der Waals surface area contributed by atoms with Gasteiger partial charge in [0.25, 0.3) is 0 Å². The summed E-state index contributed by atoms with van der Waals surface area (Å²) in [5.74, 6) is 0.313. The van der Waals surface area contributed by atoms with E-state index in [4.69, 9.17) is 4.74 Å². The van der Waals surface area contributed by atoms with Crippen molar-refractivity contribution in [3.63, 3.8) is 0 Å². The zero-order valence-corrected chi connectivity index (χ0v) is 12.8. The fourth-order valence-electron chi connectivity index (χ4n) is 2.28. The fraction of sp³-hybridized carbons (Fsp3) is 0.600. The molecule has 2 N–H and O–H groups in total. The molecule has 0 aromatic heterocycles. The van der Waals surface area contributed by atoms with Crippen molar-refractivity contribution in [2.75, 3.05) is 26.3 Å². The first kappa shape index (κ1) is 15.5. The van der Waals surface area contributed by atoms with E-state index in [0.717, 1.165) is 62.4 Å². The minimum absolute atomic E-state index is 0.139. The molecule has 2 rings (SSSR count). The number of aromatic hydroxyl groups is 2. The van der Waals surface area contributed by atoms with Crippen molar-refractivity contribution < 1.29 is 14.9 Å². The largest absolute Gasteiger partial charge is 0.508 e. The van der Waals surface area contributed by atoms with Gasteiger partial charge < -0.3 is 14.9 Å². The Labute approximate surface area is 124 Å². The molecule has 0 atom stereocenters. The standard InChI is InChI=1S/C15H23NO3S/c1-2-3-4-5-12-10-13(17)11-14(18)15(12)20-16-6-8-19-9-7-16/h10-11,17-18H,2-9H2,1H3. The summed E-state index contributed by atoms with van der Waals surface area (Å²) in [7, 11) is 0. The number of hydrogen-bond donors (Lipinski definition) is 2. The Balaban J connectivity index is 2.11. The van der Waals surface area contributed by atoms with Crippen molar-refractivity contribution in [1.29, 1.82) is 0 Å². The highest BCUT2D eigenvalue weighted by atomic mass is 32.2. The summed E-state index contributed by atoms with van der Waals surface area (Å²) >= 11 is 1.58. The van der Waals surface area contributed by atoms with Crippen LogP contribution < -0.4 is 0 Å². The average molecular weight is 297 g/mol. The van der Waals surface area contributed by atoms with E-state index < -0.39 is 0 Å². The first-order valence-electron chi connectivity index (χ1n) is 7.26. The fourth-order valence-corrected chi connectivity index (χ4v) is 3.30. The average Bonchev–Trinajstić information content (AvgIpc) is 2.44. The van der Waals surface area contributed by atoms with Crippen molar-refractivity contribution in [2.45, 2.75) is 37.5 Å². The van der Waals surface area contributed by atoms with Gasteiger partial charge in [-0.25, -0.2) is 4.31 Å². The summed E-state index contributed by atoms with van der Waals surface area (Å²) in [5, 5.41) is 19.8. The topological polar surface area (TPSA) is 52.9 Å². The van der Waals surface area contributed by atoms with Crippen molar-refractivity contribution in [3.05, 3.63) is 17.7 Å². The highest BCUT2D eigenvalue weighted by Gasteiger charge is 2.17. The van der Waals surface area contributed by atoms with Crippen LogP contribution in [-0.4, -0.2) is 40.8 Å². The zero-order chi connectivity index (χ0) is 14.4. The van der Waals surface area contributed by atoms with Crippen LogP contribution >= 0.6 is 11.9 Å². The SMILES string of the molecule is CCCCCc1cc(O)cc(O)c1SN1CCOCC1. The molecular weight excluding hydrogens is 274 g/mol. The molecule has 20 heavy (non-hydrogen) atoms. The Morgan fingerprint density at radius 3 is 2.65 bits per heavy atom. The minimum atomic E-state index is 0.139. The van der Waals surface area contributed by atoms with Crippen LogP contribution in [0.3, 0.4) is 0 Å². The van der Waals surface area contributed by atoms with E-state index in [-0.39, 0.29) is 11.5 Å². The highest BCUT2D eigenvalue weighted by molar-refractivity contribution is 7.97. The van der Waals surface area contributed by atoms with E-state index in [1.165, 1.54) is 6.07 Å². The molecule has 1 aromatic carbocycles. The zero-order valence-electron chi connectivity index (χ0n) is 12.0. The summed E-state index contributed by atoms with van der Waals surface area (Å²) in [4.78, 5) is 0.876. The first-order chi connectivity index (χ1) is 9.70. The summed E-state index contributed by atoms with van der Waals surface area (Å²) in [6, 6.07) is 3.20. The second-order valence-corrected chi connectivity index (χ2v) is 6.15. The van der Waals surface area contributed by atoms with E-state index in [1.807, 2.05) is 0 Å². The van der Waals surface area contributed by atoms with Gasteiger partial charge >= 0.3 is 0 Å². The van der Waals surface area contributed by atoms with Gasteiger partial charge in [-0.05, 0) is 36.4 Å². The van der Waals surface area contributed by atoms with E-state index in [1.54, 1.807) is 18.0 Å². The normalized spacial score (nSPS) is 16.4. The summed E-state index contributed by atoms with van der Waals surface area (Å²) < 4.78 is 7.55. The molecule has 1 saturated heterocycles. The molecule has 5 heteroatoms. The maximum Gasteiger partial charge on any atom is 0.134 e. The molecular formula is C15H23NO3S. The second kappa shape index (κ2) is 7.76. The summed E-state index contributed by atoms with van der Waals surface area (Å²) in [5.41, 5.74) is 1.03. The van der Waals surface area contributed by atoms with Gasteiger partial charge in [0.1, 0.15) is 11.5 Å². The molecule has 0 spiro atoms. The van der Waals surface area contributed by atoms with Crippen LogP contribution in [-0.2, 0) is 11.2 Å². The Kier molecular flexibility index (Phi) is 6.01. The van der Waals surface area contributed by atoms with Gasteiger partial charge in [0.15, 0.2) is 0 Å². The lowest BCUT2D eigenvalue weighted by Gasteiger charge is -2.26. The molecule has 1 aromatic rings. The van der Waals surface area contributed by atoms with Crippen molar-refractivity contribution in [1.82, 2.24) is 4.31 Å². The Bertz CT molecular complexity index is 433. The Morgan fingerprint density at radius 1 is 1.20 bits per heavy atom. The molecule has 1 fully saturated rings. The number of phenols is 2. The van der Waals surface area contributed by atoms with Gasteiger partial charge in [0, 0.05) is 19.2 Å². The van der Waals surface area contributed by atoms with Crippen LogP contribution in [0.4, 0.5) is 0 Å². The number of hydrogen-bond acceptors (Lipinski definition) is 5. The molecule has 0 amide bonds. The lowest BCUT2D eigenvalue weighted by atomic mass is 10.1. The number of morpholine rings is 1. The third-order valence-corrected chi connectivity index (χ3v) is 4.65. The minimum Gasteiger partial charge on any atom is -0.508 e. The third-order valence-electron chi connectivity index (χ3n) is 3.37. The molecule has 1 aliphatic heterocycles. The molecule has 0 radical (unpaired) electrons. The molecule has 0 saturated carbocycles. The number of nitrogens with zero attached hydrogens (tertiary/aromatic N) is 1. The third kappa shape index (κ3) is 4.30. The lowest BCUT2D eigenvalue weighted by molar-refractivity contribution is 0.0773. The molecule has 0 bridgehead atoms. The van der Waals surface area contributed by atoms with Gasteiger partial charge in [-0.2, -0.15) is 0 Å². The number of unbranched alkanes of at least 4 members (excludes halogenated alkanes) is 2. The maximum absolute atomic E-state index is 10.1. The maximum atomic E-state index is 10.1. The van der Waals surface area contributed by atoms with Crippen molar-refractivity contribution in [2.24, 2.45) is 0 Å². The Morgan fingerprint density at radius 2 is 1.95 bits per heavy atom. The number of ether oxygens (including phenoxy) is 1. The molecule has 112 valence electrons. The first-order valence-corrected chi connectivity index (χ1v) is 8.03. The monoisotopic (exact) mass is 297 g/mol. The van der Waals surface area contributed by atoms with E-state index >= 15 is 0 Å². The van der Waals surface area contributed by atoms with E-state index in [9.17, 15) is 10.2 Å². The van der Waals surface area contributed by atoms with Crippen LogP contribution in [0.25, 0.3) is 0 Å². The van der Waals surface area contributed by atoms with E-state index in [2.05, 4.69) is 11.2 Å². The lowest BCUT2D eigenvalue weighted by Crippen LogP contribution is -2.31. The highest BCUT2D eigenvalue weighted by Crippen LogP contribution is 2.38. The Hall–Kier alpha value is -0.910. The number of rotatable bonds is 6. The number of aryl methyl sites for hydroxylation is 1. The van der Waals surface area contributed by atoms with Crippen LogP contribution in [0, 0.1) is 0 Å². The van der Waals surface area contributed by atoms with Crippen LogP contribution in [0.1, 0.15) is 31.7 Å². The molecule has 4 nitrogen and oxygen atoms in total. The van der Waals surface area contributed by atoms with Crippen molar-refractivity contribution >= 4 is 11.9 Å². The number of benzene rings is 1. The van der Waals surface area contributed by atoms with Crippen LogP contribution in [0.5, 0.6) is 11.5 Å². The predicted octanol–water partition coefficient (Wildman–Crippen LogP) is 3.17. The predicted molar refractivity (Wildman–Crippen MR) is 81.2 cm³/mol. The van der Waals surface area contributed by atoms with Crippen LogP contribution in [0.15, 0.2) is 17.0 Å². The van der Waals surface area contributed by atoms with Crippen molar-refractivity contribution in [3.8, 4) is 11.5 Å². The second-order valence-electron chi connectivity index (χ2n) is 5.04. The summed E-state index contributed by atoms with van der Waals surface area (Å²) in [6.45, 7) is 5.36. The molecule has 0 aliphatic carbocycles. The molecule has 1 aliphatic rings.